The highest BCUT2D eigenvalue weighted by Crippen LogP contribution is 2.31. The maximum absolute atomic E-state index is 12.4. The van der Waals surface area contributed by atoms with Crippen LogP contribution in [0.2, 0.25) is 0 Å². The summed E-state index contributed by atoms with van der Waals surface area (Å²) in [4.78, 5) is 14.8. The van der Waals surface area contributed by atoms with Gasteiger partial charge in [-0.15, -0.1) is 10.2 Å². The van der Waals surface area contributed by atoms with Crippen LogP contribution in [-0.4, -0.2) is 41.6 Å². The van der Waals surface area contributed by atoms with Crippen LogP contribution in [0.1, 0.15) is 26.2 Å². The fourth-order valence-electron chi connectivity index (χ4n) is 3.52. The molecule has 1 amide bonds. The maximum Gasteiger partial charge on any atom is 0.234 e. The van der Waals surface area contributed by atoms with Gasteiger partial charge in [0.15, 0.2) is 4.34 Å². The minimum atomic E-state index is -0.0628. The predicted octanol–water partition coefficient (Wildman–Crippen LogP) is 5.40. The van der Waals surface area contributed by atoms with Crippen LogP contribution in [0.3, 0.4) is 0 Å². The molecule has 1 fully saturated rings. The highest BCUT2D eigenvalue weighted by Gasteiger charge is 2.12. The molecule has 0 bridgehead atoms. The van der Waals surface area contributed by atoms with Crippen LogP contribution in [-0.2, 0) is 4.79 Å². The zero-order chi connectivity index (χ0) is 22.2. The normalized spacial score (nSPS) is 13.6. The van der Waals surface area contributed by atoms with Gasteiger partial charge in [0, 0.05) is 24.5 Å². The molecule has 1 aliphatic heterocycles. The third kappa shape index (κ3) is 6.14. The molecule has 0 spiro atoms. The van der Waals surface area contributed by atoms with Gasteiger partial charge in [-0.2, -0.15) is 0 Å². The lowest BCUT2D eigenvalue weighted by atomic mass is 10.1. The van der Waals surface area contributed by atoms with Gasteiger partial charge in [0.25, 0.3) is 0 Å². The van der Waals surface area contributed by atoms with E-state index in [2.05, 4.69) is 37.9 Å². The van der Waals surface area contributed by atoms with Crippen LogP contribution in [0.15, 0.2) is 52.9 Å². The molecule has 0 atom stereocenters. The van der Waals surface area contributed by atoms with Gasteiger partial charge in [-0.1, -0.05) is 35.2 Å². The van der Waals surface area contributed by atoms with Gasteiger partial charge in [0.2, 0.25) is 11.0 Å². The highest BCUT2D eigenvalue weighted by molar-refractivity contribution is 8.01. The first-order valence-electron chi connectivity index (χ1n) is 10.8. The van der Waals surface area contributed by atoms with Gasteiger partial charge in [0.05, 0.1) is 18.0 Å². The van der Waals surface area contributed by atoms with E-state index in [4.69, 9.17) is 4.74 Å². The fraction of sp³-hybridized carbons (Fsp3) is 0.348. The van der Waals surface area contributed by atoms with Crippen LogP contribution >= 0.6 is 23.1 Å². The first kappa shape index (κ1) is 22.4. The summed E-state index contributed by atoms with van der Waals surface area (Å²) in [5, 5.41) is 15.2. The largest absolute Gasteiger partial charge is 0.492 e. The maximum atomic E-state index is 12.4. The molecule has 32 heavy (non-hydrogen) atoms. The van der Waals surface area contributed by atoms with Crippen LogP contribution in [0.5, 0.6) is 5.75 Å². The second-order valence-electron chi connectivity index (χ2n) is 7.36. The molecule has 4 rings (SSSR count). The minimum Gasteiger partial charge on any atom is -0.492 e. The summed E-state index contributed by atoms with van der Waals surface area (Å²) < 4.78 is 6.36. The molecule has 3 aromatic rings. The van der Waals surface area contributed by atoms with Gasteiger partial charge >= 0.3 is 0 Å². The quantitative estimate of drug-likeness (QED) is 0.406. The second kappa shape index (κ2) is 11.2. The number of hydrogen-bond donors (Lipinski definition) is 2. The van der Waals surface area contributed by atoms with E-state index < -0.39 is 0 Å². The second-order valence-corrected chi connectivity index (χ2v) is 9.56. The number of amides is 1. The van der Waals surface area contributed by atoms with Gasteiger partial charge in [-0.05, 0) is 62.6 Å². The Morgan fingerprint density at radius 2 is 1.88 bits per heavy atom. The first-order chi connectivity index (χ1) is 15.7. The van der Waals surface area contributed by atoms with Crippen molar-refractivity contribution >= 4 is 51.2 Å². The molecular weight excluding hydrogens is 442 g/mol. The van der Waals surface area contributed by atoms with Gasteiger partial charge in [0.1, 0.15) is 5.75 Å². The van der Waals surface area contributed by atoms with Crippen LogP contribution in [0.25, 0.3) is 0 Å². The Morgan fingerprint density at radius 3 is 2.66 bits per heavy atom. The van der Waals surface area contributed by atoms with E-state index >= 15 is 0 Å². The summed E-state index contributed by atoms with van der Waals surface area (Å²) in [5.41, 5.74) is 2.87. The summed E-state index contributed by atoms with van der Waals surface area (Å²) in [5.74, 6) is 0.982. The summed E-state index contributed by atoms with van der Waals surface area (Å²) in [6.45, 7) is 4.76. The van der Waals surface area contributed by atoms with Gasteiger partial charge < -0.3 is 20.3 Å². The standard InChI is InChI=1S/C23H27N5O2S2/c1-2-30-20-9-5-4-8-19(20)25-22-26-27-23(32-22)31-16-21(29)24-17-10-12-18(13-11-17)28-14-6-3-7-15-28/h4-5,8-13H,2-3,6-7,14-16H2,1H3,(H,24,29)(H,25,26). The van der Waals surface area contributed by atoms with Crippen LogP contribution in [0, 0.1) is 0 Å². The number of thioether (sulfide) groups is 1. The Hall–Kier alpha value is -2.78. The van der Waals surface area contributed by atoms with Crippen molar-refractivity contribution in [2.45, 2.75) is 30.5 Å². The number of carbonyl (C=O) groups is 1. The van der Waals surface area contributed by atoms with Crippen molar-refractivity contribution in [3.63, 3.8) is 0 Å². The zero-order valence-corrected chi connectivity index (χ0v) is 19.7. The summed E-state index contributed by atoms with van der Waals surface area (Å²) in [6.07, 6.45) is 3.81. The summed E-state index contributed by atoms with van der Waals surface area (Å²) >= 11 is 2.78. The number of rotatable bonds is 9. The third-order valence-electron chi connectivity index (χ3n) is 5.03. The molecule has 0 radical (unpaired) electrons. The number of carbonyl (C=O) groups excluding carboxylic acids is 1. The van der Waals surface area contributed by atoms with Crippen molar-refractivity contribution in [2.24, 2.45) is 0 Å². The number of piperidine rings is 1. The summed E-state index contributed by atoms with van der Waals surface area (Å²) in [6, 6.07) is 15.8. The number of anilines is 4. The van der Waals surface area contributed by atoms with Crippen molar-refractivity contribution < 1.29 is 9.53 Å². The van der Waals surface area contributed by atoms with E-state index in [1.54, 1.807) is 0 Å². The molecule has 2 N–H and O–H groups in total. The zero-order valence-electron chi connectivity index (χ0n) is 18.0. The van der Waals surface area contributed by atoms with Crippen molar-refractivity contribution in [1.29, 1.82) is 0 Å². The first-order valence-corrected chi connectivity index (χ1v) is 12.6. The van der Waals surface area contributed by atoms with E-state index in [1.807, 2.05) is 43.3 Å². The average molecular weight is 470 g/mol. The molecule has 2 heterocycles. The average Bonchev–Trinajstić information content (AvgIpc) is 3.28. The Morgan fingerprint density at radius 1 is 1.09 bits per heavy atom. The summed E-state index contributed by atoms with van der Waals surface area (Å²) in [7, 11) is 0. The van der Waals surface area contributed by atoms with E-state index in [-0.39, 0.29) is 11.7 Å². The van der Waals surface area contributed by atoms with Crippen molar-refractivity contribution in [2.75, 3.05) is 41.0 Å². The Kier molecular flexibility index (Phi) is 7.84. The molecule has 0 saturated carbocycles. The minimum absolute atomic E-state index is 0.0628. The Balaban J connectivity index is 1.26. The van der Waals surface area contributed by atoms with E-state index in [0.717, 1.165) is 34.6 Å². The van der Waals surface area contributed by atoms with E-state index in [0.29, 0.717) is 11.7 Å². The topological polar surface area (TPSA) is 79.4 Å². The molecule has 0 aliphatic carbocycles. The lowest BCUT2D eigenvalue weighted by molar-refractivity contribution is -0.113. The number of aromatic nitrogens is 2. The molecule has 1 aromatic heterocycles. The number of nitrogens with one attached hydrogen (secondary N) is 2. The molecule has 9 heteroatoms. The molecular formula is C23H27N5O2S2. The number of hydrogen-bond acceptors (Lipinski definition) is 8. The molecule has 2 aromatic carbocycles. The number of nitrogens with zero attached hydrogens (tertiary/aromatic N) is 3. The van der Waals surface area contributed by atoms with E-state index in [1.165, 1.54) is 48.0 Å². The number of para-hydroxylation sites is 2. The van der Waals surface area contributed by atoms with Crippen LogP contribution < -0.4 is 20.3 Å². The SMILES string of the molecule is CCOc1ccccc1Nc1nnc(SCC(=O)Nc2ccc(N3CCCCC3)cc2)s1. The fourth-order valence-corrected chi connectivity index (χ4v) is 5.08. The third-order valence-corrected chi connectivity index (χ3v) is 7.01. The van der Waals surface area contributed by atoms with Gasteiger partial charge in [-0.3, -0.25) is 4.79 Å². The monoisotopic (exact) mass is 469 g/mol. The molecule has 1 saturated heterocycles. The lowest BCUT2D eigenvalue weighted by Gasteiger charge is -2.28. The molecule has 7 nitrogen and oxygen atoms in total. The highest BCUT2D eigenvalue weighted by atomic mass is 32.2. The Bertz CT molecular complexity index is 1020. The van der Waals surface area contributed by atoms with Crippen molar-refractivity contribution in [1.82, 2.24) is 10.2 Å². The molecule has 168 valence electrons. The smallest absolute Gasteiger partial charge is 0.234 e. The number of benzene rings is 2. The molecule has 1 aliphatic rings. The van der Waals surface area contributed by atoms with Crippen molar-refractivity contribution in [3.05, 3.63) is 48.5 Å². The molecule has 0 unspecified atom stereocenters. The lowest BCUT2D eigenvalue weighted by Crippen LogP contribution is -2.29. The number of ether oxygens (including phenoxy) is 1. The van der Waals surface area contributed by atoms with Gasteiger partial charge in [-0.25, -0.2) is 0 Å². The Labute approximate surface area is 196 Å². The van der Waals surface area contributed by atoms with Crippen molar-refractivity contribution in [3.8, 4) is 5.75 Å². The van der Waals surface area contributed by atoms with Crippen LogP contribution in [0.4, 0.5) is 22.2 Å². The van der Waals surface area contributed by atoms with E-state index in [9.17, 15) is 4.79 Å². The predicted molar refractivity (Wildman–Crippen MR) is 133 cm³/mol.